The van der Waals surface area contributed by atoms with Crippen LogP contribution in [0, 0.1) is 5.41 Å². The van der Waals surface area contributed by atoms with Gasteiger partial charge in [-0.25, -0.2) is 0 Å². The summed E-state index contributed by atoms with van der Waals surface area (Å²) >= 11 is 1.61. The molecule has 3 heteroatoms. The maximum atomic E-state index is 9.93. The summed E-state index contributed by atoms with van der Waals surface area (Å²) in [6, 6.07) is 3.95. The average Bonchev–Trinajstić information content (AvgIpc) is 2.71. The molecular formula is C9H13NOS. The molecule has 1 saturated carbocycles. The van der Waals surface area contributed by atoms with Crippen molar-refractivity contribution >= 4 is 11.3 Å². The van der Waals surface area contributed by atoms with Gasteiger partial charge in [-0.2, -0.15) is 0 Å². The first-order valence-electron chi connectivity index (χ1n) is 4.20. The summed E-state index contributed by atoms with van der Waals surface area (Å²) in [5, 5.41) is 11.9. The predicted molar refractivity (Wildman–Crippen MR) is 50.0 cm³/mol. The molecule has 66 valence electrons. The van der Waals surface area contributed by atoms with Crippen molar-refractivity contribution in [2.75, 3.05) is 6.54 Å². The van der Waals surface area contributed by atoms with E-state index in [0.717, 1.165) is 17.7 Å². The second kappa shape index (κ2) is 2.83. The molecule has 0 spiro atoms. The SMILES string of the molecule is NCC1([C@@H](O)c2cccs2)CC1. The quantitative estimate of drug-likeness (QED) is 0.746. The zero-order valence-electron chi connectivity index (χ0n) is 6.86. The summed E-state index contributed by atoms with van der Waals surface area (Å²) in [7, 11) is 0. The Morgan fingerprint density at radius 3 is 2.83 bits per heavy atom. The second-order valence-electron chi connectivity index (χ2n) is 3.48. The molecule has 0 aromatic carbocycles. The van der Waals surface area contributed by atoms with Gasteiger partial charge >= 0.3 is 0 Å². The van der Waals surface area contributed by atoms with Crippen molar-refractivity contribution in [2.45, 2.75) is 18.9 Å². The Morgan fingerprint density at radius 2 is 2.42 bits per heavy atom. The van der Waals surface area contributed by atoms with E-state index >= 15 is 0 Å². The third kappa shape index (κ3) is 1.18. The van der Waals surface area contributed by atoms with Gasteiger partial charge in [0.15, 0.2) is 0 Å². The number of hydrogen-bond acceptors (Lipinski definition) is 3. The zero-order chi connectivity index (χ0) is 8.60. The molecule has 2 nitrogen and oxygen atoms in total. The van der Waals surface area contributed by atoms with Crippen LogP contribution in [0.25, 0.3) is 0 Å². The molecule has 0 bridgehead atoms. The van der Waals surface area contributed by atoms with E-state index in [0.29, 0.717) is 6.54 Å². The molecule has 3 N–H and O–H groups in total. The van der Waals surface area contributed by atoms with Gasteiger partial charge in [-0.1, -0.05) is 6.07 Å². The molecule has 1 aromatic rings. The van der Waals surface area contributed by atoms with Crippen molar-refractivity contribution < 1.29 is 5.11 Å². The summed E-state index contributed by atoms with van der Waals surface area (Å²) in [6.07, 6.45) is 1.81. The van der Waals surface area contributed by atoms with E-state index in [1.807, 2.05) is 17.5 Å². The summed E-state index contributed by atoms with van der Waals surface area (Å²) in [5.74, 6) is 0. The lowest BCUT2D eigenvalue weighted by Crippen LogP contribution is -2.22. The van der Waals surface area contributed by atoms with Gasteiger partial charge in [0.1, 0.15) is 0 Å². The predicted octanol–water partition coefficient (Wildman–Crippen LogP) is 1.52. The molecule has 1 aromatic heterocycles. The van der Waals surface area contributed by atoms with Crippen molar-refractivity contribution in [3.8, 4) is 0 Å². The highest BCUT2D eigenvalue weighted by Crippen LogP contribution is 2.54. The molecule has 0 radical (unpaired) electrons. The maximum Gasteiger partial charge on any atom is 0.0949 e. The fraction of sp³-hybridized carbons (Fsp3) is 0.556. The molecule has 1 aliphatic rings. The monoisotopic (exact) mass is 183 g/mol. The first-order chi connectivity index (χ1) is 5.78. The standard InChI is InChI=1S/C9H13NOS/c10-6-9(3-4-9)8(11)7-2-1-5-12-7/h1-2,5,8,11H,3-4,6,10H2/t8-/m0/s1. The fourth-order valence-electron chi connectivity index (χ4n) is 1.50. The molecule has 0 saturated heterocycles. The Labute approximate surface area is 76.0 Å². The highest BCUT2D eigenvalue weighted by Gasteiger charge is 2.48. The molecule has 0 amide bonds. The van der Waals surface area contributed by atoms with Crippen LogP contribution in [-0.4, -0.2) is 11.7 Å². The zero-order valence-corrected chi connectivity index (χ0v) is 7.68. The topological polar surface area (TPSA) is 46.2 Å². The van der Waals surface area contributed by atoms with Crippen molar-refractivity contribution in [1.82, 2.24) is 0 Å². The van der Waals surface area contributed by atoms with Gasteiger partial charge in [-0.3, -0.25) is 0 Å². The van der Waals surface area contributed by atoms with E-state index < -0.39 is 0 Å². The van der Waals surface area contributed by atoms with Gasteiger partial charge in [0.05, 0.1) is 6.10 Å². The Morgan fingerprint density at radius 1 is 1.67 bits per heavy atom. The molecule has 12 heavy (non-hydrogen) atoms. The minimum atomic E-state index is -0.331. The van der Waals surface area contributed by atoms with Gasteiger partial charge < -0.3 is 10.8 Å². The number of thiophene rings is 1. The van der Waals surface area contributed by atoms with Crippen molar-refractivity contribution in [3.63, 3.8) is 0 Å². The summed E-state index contributed by atoms with van der Waals surface area (Å²) in [4.78, 5) is 1.05. The Kier molecular flexibility index (Phi) is 1.94. The molecule has 1 heterocycles. The van der Waals surface area contributed by atoms with E-state index in [1.165, 1.54) is 0 Å². The van der Waals surface area contributed by atoms with E-state index in [1.54, 1.807) is 11.3 Å². The minimum absolute atomic E-state index is 0.0187. The molecular weight excluding hydrogens is 170 g/mol. The van der Waals surface area contributed by atoms with Crippen molar-refractivity contribution in [3.05, 3.63) is 22.4 Å². The highest BCUT2D eigenvalue weighted by molar-refractivity contribution is 7.10. The van der Waals surface area contributed by atoms with Crippen LogP contribution in [0.3, 0.4) is 0 Å². The number of rotatable bonds is 3. The lowest BCUT2D eigenvalue weighted by molar-refractivity contribution is 0.101. The van der Waals surface area contributed by atoms with Crippen molar-refractivity contribution in [2.24, 2.45) is 11.1 Å². The second-order valence-corrected chi connectivity index (χ2v) is 4.46. The Hall–Kier alpha value is -0.380. The maximum absolute atomic E-state index is 9.93. The van der Waals surface area contributed by atoms with Crippen LogP contribution in [0.15, 0.2) is 17.5 Å². The summed E-state index contributed by atoms with van der Waals surface area (Å²) in [5.41, 5.74) is 5.64. The van der Waals surface area contributed by atoms with Crippen LogP contribution in [0.1, 0.15) is 23.8 Å². The summed E-state index contributed by atoms with van der Waals surface area (Å²) < 4.78 is 0. The van der Waals surface area contributed by atoms with Crippen molar-refractivity contribution in [1.29, 1.82) is 0 Å². The van der Waals surface area contributed by atoms with Gasteiger partial charge in [0.2, 0.25) is 0 Å². The third-order valence-corrected chi connectivity index (χ3v) is 3.62. The van der Waals surface area contributed by atoms with E-state index in [4.69, 9.17) is 5.73 Å². The highest BCUT2D eigenvalue weighted by atomic mass is 32.1. The first kappa shape index (κ1) is 8.23. The molecule has 2 rings (SSSR count). The number of hydrogen-bond donors (Lipinski definition) is 2. The molecule has 1 fully saturated rings. The average molecular weight is 183 g/mol. The van der Waals surface area contributed by atoms with Gasteiger partial charge in [-0.15, -0.1) is 11.3 Å². The number of aliphatic hydroxyl groups excluding tert-OH is 1. The van der Waals surface area contributed by atoms with Crippen LogP contribution in [0.4, 0.5) is 0 Å². The number of aliphatic hydroxyl groups is 1. The Bertz CT molecular complexity index is 254. The normalized spacial score (nSPS) is 22.2. The summed E-state index contributed by atoms with van der Waals surface area (Å²) in [6.45, 7) is 0.603. The third-order valence-electron chi connectivity index (χ3n) is 2.69. The van der Waals surface area contributed by atoms with E-state index in [9.17, 15) is 5.11 Å². The van der Waals surface area contributed by atoms with Gasteiger partial charge in [-0.05, 0) is 24.3 Å². The van der Waals surface area contributed by atoms with Crippen LogP contribution in [0.5, 0.6) is 0 Å². The smallest absolute Gasteiger partial charge is 0.0949 e. The Balaban J connectivity index is 2.15. The first-order valence-corrected chi connectivity index (χ1v) is 5.08. The molecule has 1 aliphatic carbocycles. The van der Waals surface area contributed by atoms with Crippen LogP contribution in [-0.2, 0) is 0 Å². The van der Waals surface area contributed by atoms with E-state index in [2.05, 4.69) is 0 Å². The fourth-order valence-corrected chi connectivity index (χ4v) is 2.35. The molecule has 0 unspecified atom stereocenters. The lowest BCUT2D eigenvalue weighted by Gasteiger charge is -2.18. The number of nitrogens with two attached hydrogens (primary N) is 1. The molecule has 0 aliphatic heterocycles. The van der Waals surface area contributed by atoms with Gasteiger partial charge in [0, 0.05) is 16.8 Å². The largest absolute Gasteiger partial charge is 0.387 e. The lowest BCUT2D eigenvalue weighted by atomic mass is 9.98. The minimum Gasteiger partial charge on any atom is -0.387 e. The van der Waals surface area contributed by atoms with Gasteiger partial charge in [0.25, 0.3) is 0 Å². The van der Waals surface area contributed by atoms with Crippen LogP contribution < -0.4 is 5.73 Å². The molecule has 1 atom stereocenters. The van der Waals surface area contributed by atoms with Crippen LogP contribution >= 0.6 is 11.3 Å². The van der Waals surface area contributed by atoms with E-state index in [-0.39, 0.29) is 11.5 Å². The van der Waals surface area contributed by atoms with Crippen LogP contribution in [0.2, 0.25) is 0 Å².